The van der Waals surface area contributed by atoms with E-state index in [0.29, 0.717) is 24.4 Å². The number of halogens is 1. The van der Waals surface area contributed by atoms with E-state index >= 15 is 0 Å². The summed E-state index contributed by atoms with van der Waals surface area (Å²) < 4.78 is 0. The summed E-state index contributed by atoms with van der Waals surface area (Å²) in [5, 5.41) is 11.4. The second-order valence-corrected chi connectivity index (χ2v) is 7.74. The van der Waals surface area contributed by atoms with Gasteiger partial charge >= 0.3 is 5.97 Å². The lowest BCUT2D eigenvalue weighted by atomic mass is 9.89. The van der Waals surface area contributed by atoms with Crippen LogP contribution >= 0.6 is 11.6 Å². The molecule has 2 heterocycles. The molecule has 2 atom stereocenters. The SMILES string of the molecule is O=C(O)[C@@H]1CN(C(=O)CCc2ccc3[nH]ccc3c2)C[C@H]1c1ccc(Cl)cc1. The van der Waals surface area contributed by atoms with Crippen LogP contribution in [0, 0.1) is 5.92 Å². The Hall–Kier alpha value is -2.79. The van der Waals surface area contributed by atoms with Crippen LogP contribution in [0.15, 0.2) is 54.7 Å². The number of aromatic nitrogens is 1. The molecule has 1 aliphatic rings. The molecule has 0 bridgehead atoms. The second kappa shape index (κ2) is 7.68. The molecule has 1 aromatic heterocycles. The number of carbonyl (C=O) groups is 2. The van der Waals surface area contributed by atoms with E-state index in [1.54, 1.807) is 17.0 Å². The first kappa shape index (κ1) is 18.6. The number of carboxylic acid groups (broad SMARTS) is 1. The maximum atomic E-state index is 12.7. The van der Waals surface area contributed by atoms with Gasteiger partial charge < -0.3 is 15.0 Å². The van der Waals surface area contributed by atoms with Crippen molar-refractivity contribution in [3.8, 4) is 0 Å². The zero-order valence-electron chi connectivity index (χ0n) is 15.3. The van der Waals surface area contributed by atoms with Crippen molar-refractivity contribution in [1.82, 2.24) is 9.88 Å². The van der Waals surface area contributed by atoms with E-state index in [4.69, 9.17) is 11.6 Å². The number of nitrogens with one attached hydrogen (secondary N) is 1. The van der Waals surface area contributed by atoms with Crippen molar-refractivity contribution in [2.24, 2.45) is 5.92 Å². The number of benzene rings is 2. The van der Waals surface area contributed by atoms with Crippen LogP contribution in [0.3, 0.4) is 0 Å². The largest absolute Gasteiger partial charge is 0.481 e. The predicted molar refractivity (Wildman–Crippen MR) is 109 cm³/mol. The lowest BCUT2D eigenvalue weighted by molar-refractivity contribution is -0.141. The quantitative estimate of drug-likeness (QED) is 0.682. The maximum Gasteiger partial charge on any atom is 0.308 e. The fraction of sp³-hybridized carbons (Fsp3) is 0.273. The van der Waals surface area contributed by atoms with Crippen molar-refractivity contribution in [1.29, 1.82) is 0 Å². The molecule has 1 amide bonds. The number of nitrogens with zero attached hydrogens (tertiary/aromatic N) is 1. The number of likely N-dealkylation sites (tertiary alicyclic amines) is 1. The third-order valence-corrected chi connectivity index (χ3v) is 5.79. The molecular formula is C22H21ClN2O3. The topological polar surface area (TPSA) is 73.4 Å². The second-order valence-electron chi connectivity index (χ2n) is 7.30. The number of rotatable bonds is 5. The first-order valence-corrected chi connectivity index (χ1v) is 9.71. The molecule has 28 heavy (non-hydrogen) atoms. The van der Waals surface area contributed by atoms with E-state index in [-0.39, 0.29) is 18.4 Å². The van der Waals surface area contributed by atoms with Crippen molar-refractivity contribution < 1.29 is 14.7 Å². The first-order chi connectivity index (χ1) is 13.5. The predicted octanol–water partition coefficient (Wildman–Crippen LogP) is 4.08. The fourth-order valence-corrected chi connectivity index (χ4v) is 4.10. The number of aryl methyl sites for hydroxylation is 1. The first-order valence-electron chi connectivity index (χ1n) is 9.33. The van der Waals surface area contributed by atoms with Crippen LogP contribution in [0.25, 0.3) is 10.9 Å². The smallest absolute Gasteiger partial charge is 0.308 e. The van der Waals surface area contributed by atoms with Gasteiger partial charge in [-0.25, -0.2) is 0 Å². The Morgan fingerprint density at radius 1 is 1.11 bits per heavy atom. The van der Waals surface area contributed by atoms with Crippen molar-refractivity contribution in [2.45, 2.75) is 18.8 Å². The number of aromatic amines is 1. The third-order valence-electron chi connectivity index (χ3n) is 5.53. The number of aliphatic carboxylic acids is 1. The number of hydrogen-bond donors (Lipinski definition) is 2. The molecule has 0 spiro atoms. The van der Waals surface area contributed by atoms with E-state index in [1.807, 2.05) is 36.5 Å². The highest BCUT2D eigenvalue weighted by atomic mass is 35.5. The number of amides is 1. The summed E-state index contributed by atoms with van der Waals surface area (Å²) >= 11 is 5.94. The molecule has 3 aromatic rings. The van der Waals surface area contributed by atoms with E-state index in [2.05, 4.69) is 11.1 Å². The zero-order valence-corrected chi connectivity index (χ0v) is 16.0. The van der Waals surface area contributed by atoms with Gasteiger partial charge in [0.15, 0.2) is 0 Å². The van der Waals surface area contributed by atoms with Gasteiger partial charge in [-0.2, -0.15) is 0 Å². The van der Waals surface area contributed by atoms with Crippen LogP contribution in [0.2, 0.25) is 5.02 Å². The molecule has 1 aliphatic heterocycles. The number of fused-ring (bicyclic) bond motifs is 1. The highest BCUT2D eigenvalue weighted by molar-refractivity contribution is 6.30. The Morgan fingerprint density at radius 3 is 2.64 bits per heavy atom. The summed E-state index contributed by atoms with van der Waals surface area (Å²) in [6, 6.07) is 15.4. The lowest BCUT2D eigenvalue weighted by Crippen LogP contribution is -2.30. The minimum atomic E-state index is -0.867. The van der Waals surface area contributed by atoms with Gasteiger partial charge in [-0.05, 0) is 53.3 Å². The monoisotopic (exact) mass is 396 g/mol. The molecule has 144 valence electrons. The molecule has 4 rings (SSSR count). The van der Waals surface area contributed by atoms with Crippen LogP contribution in [-0.4, -0.2) is 40.0 Å². The number of carbonyl (C=O) groups excluding carboxylic acids is 1. The Kier molecular flexibility index (Phi) is 5.09. The van der Waals surface area contributed by atoms with Crippen LogP contribution in [0.5, 0.6) is 0 Å². The van der Waals surface area contributed by atoms with Crippen molar-refractivity contribution >= 4 is 34.4 Å². The minimum absolute atomic E-state index is 0.00289. The number of carboxylic acids is 1. The Balaban J connectivity index is 1.43. The van der Waals surface area contributed by atoms with Crippen LogP contribution < -0.4 is 0 Å². The van der Waals surface area contributed by atoms with Gasteiger partial charge in [0.25, 0.3) is 0 Å². The van der Waals surface area contributed by atoms with Gasteiger partial charge in [0, 0.05) is 42.2 Å². The van der Waals surface area contributed by atoms with Crippen molar-refractivity contribution in [3.05, 3.63) is 70.9 Å². The van der Waals surface area contributed by atoms with Gasteiger partial charge in [-0.1, -0.05) is 29.8 Å². The van der Waals surface area contributed by atoms with Crippen LogP contribution in [0.1, 0.15) is 23.5 Å². The Bertz CT molecular complexity index is 1010. The van der Waals surface area contributed by atoms with E-state index in [0.717, 1.165) is 22.0 Å². The summed E-state index contributed by atoms with van der Waals surface area (Å²) in [4.78, 5) is 29.3. The van der Waals surface area contributed by atoms with Crippen molar-refractivity contribution in [3.63, 3.8) is 0 Å². The summed E-state index contributed by atoms with van der Waals surface area (Å²) in [5.41, 5.74) is 3.08. The summed E-state index contributed by atoms with van der Waals surface area (Å²) in [6.07, 6.45) is 2.90. The van der Waals surface area contributed by atoms with E-state index < -0.39 is 11.9 Å². The molecule has 1 saturated heterocycles. The lowest BCUT2D eigenvalue weighted by Gasteiger charge is -2.16. The molecule has 1 fully saturated rings. The molecular weight excluding hydrogens is 376 g/mol. The molecule has 6 heteroatoms. The average molecular weight is 397 g/mol. The maximum absolute atomic E-state index is 12.7. The zero-order chi connectivity index (χ0) is 19.7. The normalized spacial score (nSPS) is 19.2. The summed E-state index contributed by atoms with van der Waals surface area (Å²) in [5.74, 6) is -1.68. The molecule has 0 saturated carbocycles. The van der Waals surface area contributed by atoms with Crippen molar-refractivity contribution in [2.75, 3.05) is 13.1 Å². The van der Waals surface area contributed by atoms with Gasteiger partial charge in [-0.3, -0.25) is 9.59 Å². The molecule has 5 nitrogen and oxygen atoms in total. The number of hydrogen-bond acceptors (Lipinski definition) is 2. The average Bonchev–Trinajstić information content (AvgIpc) is 3.33. The van der Waals surface area contributed by atoms with Gasteiger partial charge in [-0.15, -0.1) is 0 Å². The highest BCUT2D eigenvalue weighted by Crippen LogP contribution is 2.34. The van der Waals surface area contributed by atoms with Crippen LogP contribution in [-0.2, 0) is 16.0 Å². The highest BCUT2D eigenvalue weighted by Gasteiger charge is 2.40. The minimum Gasteiger partial charge on any atom is -0.481 e. The van der Waals surface area contributed by atoms with E-state index in [1.165, 1.54) is 0 Å². The summed E-state index contributed by atoms with van der Waals surface area (Å²) in [7, 11) is 0. The Labute approximate surface area is 167 Å². The molecule has 0 unspecified atom stereocenters. The van der Waals surface area contributed by atoms with E-state index in [9.17, 15) is 14.7 Å². The third kappa shape index (κ3) is 3.76. The standard InChI is InChI=1S/C22H21ClN2O3/c23-17-5-3-15(4-6-17)18-12-25(13-19(18)22(27)28)21(26)8-2-14-1-7-20-16(11-14)9-10-24-20/h1,3-7,9-11,18-19,24H,2,8,12-13H2,(H,27,28)/t18-,19+/m0/s1. The fourth-order valence-electron chi connectivity index (χ4n) is 3.97. The van der Waals surface area contributed by atoms with Gasteiger partial charge in [0.1, 0.15) is 0 Å². The summed E-state index contributed by atoms with van der Waals surface area (Å²) in [6.45, 7) is 0.673. The molecule has 2 aromatic carbocycles. The number of H-pyrrole nitrogens is 1. The van der Waals surface area contributed by atoms with Gasteiger partial charge in [0.05, 0.1) is 5.92 Å². The molecule has 0 aliphatic carbocycles. The Morgan fingerprint density at radius 2 is 1.89 bits per heavy atom. The molecule has 2 N–H and O–H groups in total. The molecule has 0 radical (unpaired) electrons. The van der Waals surface area contributed by atoms with Crippen LogP contribution in [0.4, 0.5) is 0 Å². The van der Waals surface area contributed by atoms with Gasteiger partial charge in [0.2, 0.25) is 5.91 Å².